The summed E-state index contributed by atoms with van der Waals surface area (Å²) in [4.78, 5) is 13.8. The van der Waals surface area contributed by atoms with Gasteiger partial charge in [0.1, 0.15) is 0 Å². The molecule has 1 aromatic heterocycles. The van der Waals surface area contributed by atoms with Crippen LogP contribution in [0.2, 0.25) is 0 Å². The van der Waals surface area contributed by atoms with Crippen LogP contribution < -0.4 is 0 Å². The molecule has 1 aromatic rings. The number of hydrogen-bond donors (Lipinski definition) is 1. The van der Waals surface area contributed by atoms with Crippen LogP contribution in [0.1, 0.15) is 38.4 Å². The first kappa shape index (κ1) is 15.7. The summed E-state index contributed by atoms with van der Waals surface area (Å²) in [5, 5.41) is 14.1. The summed E-state index contributed by atoms with van der Waals surface area (Å²) < 4.78 is 1.77. The molecule has 1 amide bonds. The molecule has 0 spiro atoms. The Morgan fingerprint density at radius 2 is 2.16 bits per heavy atom. The Balaban J connectivity index is 2.56. The van der Waals surface area contributed by atoms with Crippen molar-refractivity contribution in [1.82, 2.24) is 14.7 Å². The molecule has 0 bridgehead atoms. The highest BCUT2D eigenvalue weighted by Crippen LogP contribution is 2.11. The van der Waals surface area contributed by atoms with Gasteiger partial charge in [0, 0.05) is 32.8 Å². The Labute approximate surface area is 115 Å². The topological polar surface area (TPSA) is 58.4 Å². The predicted octanol–water partition coefficient (Wildman–Crippen LogP) is 1.28. The first-order valence-electron chi connectivity index (χ1n) is 6.72. The monoisotopic (exact) mass is 267 g/mol. The molecule has 108 valence electrons. The van der Waals surface area contributed by atoms with E-state index >= 15 is 0 Å². The Bertz CT molecular complexity index is 432. The maximum Gasteiger partial charge on any atom is 0.222 e. The minimum Gasteiger partial charge on any atom is -0.389 e. The van der Waals surface area contributed by atoms with E-state index in [0.29, 0.717) is 25.9 Å². The quantitative estimate of drug-likeness (QED) is 0.844. The van der Waals surface area contributed by atoms with Crippen LogP contribution >= 0.6 is 0 Å². The molecule has 0 saturated carbocycles. The minimum absolute atomic E-state index is 0.0767. The molecule has 0 fully saturated rings. The van der Waals surface area contributed by atoms with Gasteiger partial charge >= 0.3 is 0 Å². The van der Waals surface area contributed by atoms with Crippen LogP contribution in [0.3, 0.4) is 0 Å². The molecule has 5 nitrogen and oxygen atoms in total. The van der Waals surface area contributed by atoms with Crippen molar-refractivity contribution < 1.29 is 9.90 Å². The molecule has 0 unspecified atom stereocenters. The van der Waals surface area contributed by atoms with Crippen molar-refractivity contribution in [2.24, 2.45) is 7.05 Å². The summed E-state index contributed by atoms with van der Waals surface area (Å²) in [6, 6.07) is 0. The SMILES string of the molecule is CCN(CC(C)(C)O)C(=O)CCc1cn(C)nc1C. The molecule has 0 radical (unpaired) electrons. The average molecular weight is 267 g/mol. The maximum absolute atomic E-state index is 12.1. The van der Waals surface area contributed by atoms with Gasteiger partial charge in [-0.1, -0.05) is 0 Å². The number of hydrogen-bond acceptors (Lipinski definition) is 3. The summed E-state index contributed by atoms with van der Waals surface area (Å²) in [6.07, 6.45) is 3.10. The lowest BCUT2D eigenvalue weighted by Crippen LogP contribution is -2.42. The van der Waals surface area contributed by atoms with Crippen LogP contribution in [-0.4, -0.2) is 44.4 Å². The first-order chi connectivity index (χ1) is 8.73. The predicted molar refractivity (Wildman–Crippen MR) is 74.8 cm³/mol. The van der Waals surface area contributed by atoms with Gasteiger partial charge in [0.2, 0.25) is 5.91 Å². The van der Waals surface area contributed by atoms with Gasteiger partial charge in [-0.3, -0.25) is 9.48 Å². The lowest BCUT2D eigenvalue weighted by Gasteiger charge is -2.28. The number of rotatable bonds is 6. The maximum atomic E-state index is 12.1. The number of amides is 1. The molecule has 0 aliphatic rings. The molecule has 0 saturated heterocycles. The van der Waals surface area contributed by atoms with E-state index in [4.69, 9.17) is 0 Å². The molecule has 0 aromatic carbocycles. The second kappa shape index (κ2) is 6.19. The Morgan fingerprint density at radius 3 is 2.58 bits per heavy atom. The molecular formula is C14H25N3O2. The Kier molecular flexibility index (Phi) is 5.11. The van der Waals surface area contributed by atoms with Gasteiger partial charge in [-0.25, -0.2) is 0 Å². The van der Waals surface area contributed by atoms with Crippen LogP contribution in [0.25, 0.3) is 0 Å². The highest BCUT2D eigenvalue weighted by molar-refractivity contribution is 5.76. The van der Waals surface area contributed by atoms with Crippen LogP contribution in [0.4, 0.5) is 0 Å². The normalized spacial score (nSPS) is 11.7. The molecule has 0 atom stereocenters. The zero-order chi connectivity index (χ0) is 14.6. The van der Waals surface area contributed by atoms with Gasteiger partial charge in [0.15, 0.2) is 0 Å². The van der Waals surface area contributed by atoms with Gasteiger partial charge in [-0.15, -0.1) is 0 Å². The second-order valence-electron chi connectivity index (χ2n) is 5.63. The summed E-state index contributed by atoms with van der Waals surface area (Å²) >= 11 is 0. The number of carbonyl (C=O) groups excluding carboxylic acids is 1. The van der Waals surface area contributed by atoms with Crippen molar-refractivity contribution in [2.45, 2.75) is 46.1 Å². The molecule has 0 aliphatic carbocycles. The van der Waals surface area contributed by atoms with E-state index < -0.39 is 5.60 Å². The third-order valence-electron chi connectivity index (χ3n) is 3.04. The van der Waals surface area contributed by atoms with Crippen LogP contribution in [0, 0.1) is 6.92 Å². The number of aromatic nitrogens is 2. The molecular weight excluding hydrogens is 242 g/mol. The van der Waals surface area contributed by atoms with Gasteiger partial charge < -0.3 is 10.0 Å². The second-order valence-corrected chi connectivity index (χ2v) is 5.63. The fraction of sp³-hybridized carbons (Fsp3) is 0.714. The van der Waals surface area contributed by atoms with E-state index in [1.165, 1.54) is 0 Å². The third kappa shape index (κ3) is 5.03. The van der Waals surface area contributed by atoms with Crippen molar-refractivity contribution in [3.8, 4) is 0 Å². The van der Waals surface area contributed by atoms with Crippen molar-refractivity contribution in [1.29, 1.82) is 0 Å². The molecule has 19 heavy (non-hydrogen) atoms. The van der Waals surface area contributed by atoms with E-state index in [-0.39, 0.29) is 5.91 Å². The Hall–Kier alpha value is -1.36. The first-order valence-corrected chi connectivity index (χ1v) is 6.72. The zero-order valence-electron chi connectivity index (χ0n) is 12.6. The smallest absolute Gasteiger partial charge is 0.222 e. The van der Waals surface area contributed by atoms with E-state index in [1.807, 2.05) is 27.1 Å². The Morgan fingerprint density at radius 1 is 1.53 bits per heavy atom. The van der Waals surface area contributed by atoms with Crippen molar-refractivity contribution >= 4 is 5.91 Å². The summed E-state index contributed by atoms with van der Waals surface area (Å²) in [6.45, 7) is 8.30. The van der Waals surface area contributed by atoms with Gasteiger partial charge in [0.05, 0.1) is 11.3 Å². The molecule has 1 heterocycles. The summed E-state index contributed by atoms with van der Waals surface area (Å²) in [5.74, 6) is 0.0767. The standard InChI is InChI=1S/C14H25N3O2/c1-6-17(10-14(3,4)19)13(18)8-7-12-9-16(5)15-11(12)2/h9,19H,6-8,10H2,1-5H3. The largest absolute Gasteiger partial charge is 0.389 e. The van der Waals surface area contributed by atoms with E-state index in [9.17, 15) is 9.90 Å². The fourth-order valence-electron chi connectivity index (χ4n) is 2.14. The van der Waals surface area contributed by atoms with E-state index in [2.05, 4.69) is 5.10 Å². The van der Waals surface area contributed by atoms with Crippen molar-refractivity contribution in [3.05, 3.63) is 17.5 Å². The summed E-state index contributed by atoms with van der Waals surface area (Å²) in [7, 11) is 1.88. The fourth-order valence-corrected chi connectivity index (χ4v) is 2.14. The summed E-state index contributed by atoms with van der Waals surface area (Å²) in [5.41, 5.74) is 1.23. The lowest BCUT2D eigenvalue weighted by molar-refractivity contribution is -0.133. The van der Waals surface area contributed by atoms with Crippen molar-refractivity contribution in [2.75, 3.05) is 13.1 Å². The van der Waals surface area contributed by atoms with Crippen LogP contribution in [0.5, 0.6) is 0 Å². The highest BCUT2D eigenvalue weighted by Gasteiger charge is 2.21. The highest BCUT2D eigenvalue weighted by atomic mass is 16.3. The lowest BCUT2D eigenvalue weighted by atomic mass is 10.1. The van der Waals surface area contributed by atoms with Crippen LogP contribution in [-0.2, 0) is 18.3 Å². The van der Waals surface area contributed by atoms with Gasteiger partial charge in [-0.05, 0) is 39.7 Å². The van der Waals surface area contributed by atoms with E-state index in [0.717, 1.165) is 11.3 Å². The van der Waals surface area contributed by atoms with Gasteiger partial charge in [0.25, 0.3) is 0 Å². The number of aliphatic hydroxyl groups is 1. The van der Waals surface area contributed by atoms with E-state index in [1.54, 1.807) is 23.4 Å². The molecule has 5 heteroatoms. The third-order valence-corrected chi connectivity index (χ3v) is 3.04. The average Bonchev–Trinajstić information content (AvgIpc) is 2.60. The van der Waals surface area contributed by atoms with Crippen LogP contribution in [0.15, 0.2) is 6.20 Å². The number of aryl methyl sites for hydroxylation is 3. The number of nitrogens with zero attached hydrogens (tertiary/aromatic N) is 3. The molecule has 1 N–H and O–H groups in total. The minimum atomic E-state index is -0.851. The molecule has 1 rings (SSSR count). The molecule has 0 aliphatic heterocycles. The van der Waals surface area contributed by atoms with Crippen molar-refractivity contribution in [3.63, 3.8) is 0 Å². The zero-order valence-corrected chi connectivity index (χ0v) is 12.6. The van der Waals surface area contributed by atoms with Gasteiger partial charge in [-0.2, -0.15) is 5.10 Å². The number of likely N-dealkylation sites (N-methyl/N-ethyl adjacent to an activating group) is 1. The number of carbonyl (C=O) groups is 1.